The summed E-state index contributed by atoms with van der Waals surface area (Å²) in [5.74, 6) is 0.383. The van der Waals surface area contributed by atoms with E-state index in [4.69, 9.17) is 0 Å². The fraction of sp³-hybridized carbons (Fsp3) is 0.647. The van der Waals surface area contributed by atoms with Crippen LogP contribution in [0.1, 0.15) is 50.3 Å². The molecule has 0 spiro atoms. The lowest BCUT2D eigenvalue weighted by molar-refractivity contribution is 0.00444. The van der Waals surface area contributed by atoms with E-state index in [1.807, 2.05) is 0 Å². The summed E-state index contributed by atoms with van der Waals surface area (Å²) in [7, 11) is 0. The van der Waals surface area contributed by atoms with Crippen LogP contribution in [0.5, 0.6) is 0 Å². The Bertz CT molecular complexity index is 447. The van der Waals surface area contributed by atoms with Crippen molar-refractivity contribution in [1.29, 1.82) is 0 Å². The molecule has 1 aromatic rings. The molecule has 1 aliphatic rings. The zero-order valence-corrected chi connectivity index (χ0v) is 12.4. The van der Waals surface area contributed by atoms with Crippen molar-refractivity contribution < 1.29 is 5.11 Å². The van der Waals surface area contributed by atoms with Gasteiger partial charge in [0.15, 0.2) is 0 Å². The molecule has 1 aliphatic carbocycles. The molecule has 1 fully saturated rings. The Hall–Kier alpha value is -0.820. The third-order valence-electron chi connectivity index (χ3n) is 4.64. The third-order valence-corrected chi connectivity index (χ3v) is 4.64. The van der Waals surface area contributed by atoms with E-state index >= 15 is 0 Å². The highest BCUT2D eigenvalue weighted by atomic mass is 16.3. The summed E-state index contributed by atoms with van der Waals surface area (Å²) in [6.45, 7) is 11.0. The van der Waals surface area contributed by atoms with Crippen LogP contribution < -0.4 is 0 Å². The van der Waals surface area contributed by atoms with Crippen molar-refractivity contribution in [1.82, 2.24) is 0 Å². The molecule has 1 aromatic carbocycles. The molecular formula is C17H26O. The standard InChI is InChI=1S/C17H26O/c1-12-6-7-15(8-13(12)2)10-17(18)11-16(4,5)9-14(17)3/h6-8,14,18H,9-11H2,1-5H3. The molecule has 100 valence electrons. The van der Waals surface area contributed by atoms with Crippen LogP contribution >= 0.6 is 0 Å². The predicted octanol–water partition coefficient (Wildman–Crippen LogP) is 4.03. The van der Waals surface area contributed by atoms with Crippen LogP contribution in [0.2, 0.25) is 0 Å². The van der Waals surface area contributed by atoms with Crippen LogP contribution in [0.3, 0.4) is 0 Å². The van der Waals surface area contributed by atoms with E-state index in [2.05, 4.69) is 52.8 Å². The molecule has 1 nitrogen and oxygen atoms in total. The van der Waals surface area contributed by atoms with E-state index in [0.717, 1.165) is 19.3 Å². The maximum absolute atomic E-state index is 10.9. The Labute approximate surface area is 111 Å². The first-order chi connectivity index (χ1) is 8.22. The minimum atomic E-state index is -0.523. The summed E-state index contributed by atoms with van der Waals surface area (Å²) in [6.07, 6.45) is 2.82. The topological polar surface area (TPSA) is 20.2 Å². The quantitative estimate of drug-likeness (QED) is 0.835. The summed E-state index contributed by atoms with van der Waals surface area (Å²) < 4.78 is 0. The van der Waals surface area contributed by atoms with Gasteiger partial charge >= 0.3 is 0 Å². The number of hydrogen-bond acceptors (Lipinski definition) is 1. The highest BCUT2D eigenvalue weighted by molar-refractivity contribution is 5.31. The Morgan fingerprint density at radius 2 is 1.89 bits per heavy atom. The smallest absolute Gasteiger partial charge is 0.0718 e. The van der Waals surface area contributed by atoms with Crippen LogP contribution in [0, 0.1) is 25.2 Å². The summed E-state index contributed by atoms with van der Waals surface area (Å²) in [5, 5.41) is 10.9. The SMILES string of the molecule is Cc1ccc(CC2(O)CC(C)(C)CC2C)cc1C. The minimum Gasteiger partial charge on any atom is -0.389 e. The normalized spacial score (nSPS) is 30.7. The zero-order valence-electron chi connectivity index (χ0n) is 12.4. The number of aliphatic hydroxyl groups is 1. The lowest BCUT2D eigenvalue weighted by Gasteiger charge is -2.29. The van der Waals surface area contributed by atoms with Crippen molar-refractivity contribution in [3.05, 3.63) is 34.9 Å². The summed E-state index contributed by atoms with van der Waals surface area (Å²) in [6, 6.07) is 6.56. The average Bonchev–Trinajstić information content (AvgIpc) is 2.41. The molecule has 1 N–H and O–H groups in total. The first-order valence-electron chi connectivity index (χ1n) is 7.00. The minimum absolute atomic E-state index is 0.272. The molecule has 18 heavy (non-hydrogen) atoms. The van der Waals surface area contributed by atoms with Crippen molar-refractivity contribution >= 4 is 0 Å². The molecule has 2 unspecified atom stereocenters. The van der Waals surface area contributed by atoms with Gasteiger partial charge in [-0.1, -0.05) is 39.0 Å². The Balaban J connectivity index is 2.20. The van der Waals surface area contributed by atoms with Gasteiger partial charge in [-0.3, -0.25) is 0 Å². The molecule has 0 radical (unpaired) electrons. The van der Waals surface area contributed by atoms with Gasteiger partial charge in [-0.25, -0.2) is 0 Å². The zero-order chi connectivity index (χ0) is 13.6. The Kier molecular flexibility index (Phi) is 3.31. The Morgan fingerprint density at radius 1 is 1.22 bits per heavy atom. The van der Waals surface area contributed by atoms with E-state index in [1.54, 1.807) is 0 Å². The molecule has 2 atom stereocenters. The highest BCUT2D eigenvalue weighted by Crippen LogP contribution is 2.48. The molecule has 0 aliphatic heterocycles. The summed E-state index contributed by atoms with van der Waals surface area (Å²) >= 11 is 0. The first kappa shape index (κ1) is 13.6. The monoisotopic (exact) mass is 246 g/mol. The van der Waals surface area contributed by atoms with Gasteiger partial charge in [0.2, 0.25) is 0 Å². The van der Waals surface area contributed by atoms with E-state index in [1.165, 1.54) is 16.7 Å². The van der Waals surface area contributed by atoms with Crippen molar-refractivity contribution in [3.8, 4) is 0 Å². The van der Waals surface area contributed by atoms with Crippen molar-refractivity contribution in [2.75, 3.05) is 0 Å². The molecule has 0 bridgehead atoms. The lowest BCUT2D eigenvalue weighted by Crippen LogP contribution is -2.34. The summed E-state index contributed by atoms with van der Waals surface area (Å²) in [4.78, 5) is 0. The molecule has 1 saturated carbocycles. The molecule has 0 saturated heterocycles. The second-order valence-corrected chi connectivity index (χ2v) is 7.15. The van der Waals surface area contributed by atoms with Crippen LogP contribution in [0.15, 0.2) is 18.2 Å². The van der Waals surface area contributed by atoms with Crippen molar-refractivity contribution in [3.63, 3.8) is 0 Å². The van der Waals surface area contributed by atoms with Crippen LogP contribution in [-0.4, -0.2) is 10.7 Å². The number of hydrogen-bond donors (Lipinski definition) is 1. The van der Waals surface area contributed by atoms with Gasteiger partial charge in [0.05, 0.1) is 5.60 Å². The van der Waals surface area contributed by atoms with E-state index in [0.29, 0.717) is 5.92 Å². The molecule has 2 rings (SSSR count). The average molecular weight is 246 g/mol. The second kappa shape index (κ2) is 4.38. The Morgan fingerprint density at radius 3 is 2.39 bits per heavy atom. The van der Waals surface area contributed by atoms with Crippen LogP contribution in [-0.2, 0) is 6.42 Å². The van der Waals surface area contributed by atoms with Gasteiger partial charge in [0.25, 0.3) is 0 Å². The van der Waals surface area contributed by atoms with E-state index < -0.39 is 5.60 Å². The van der Waals surface area contributed by atoms with E-state index in [9.17, 15) is 5.11 Å². The number of aryl methyl sites for hydroxylation is 2. The predicted molar refractivity (Wildman–Crippen MR) is 76.7 cm³/mol. The number of benzene rings is 1. The van der Waals surface area contributed by atoms with Crippen LogP contribution in [0.25, 0.3) is 0 Å². The molecule has 0 aromatic heterocycles. The summed E-state index contributed by atoms with van der Waals surface area (Å²) in [5.41, 5.74) is 3.66. The van der Waals surface area contributed by atoms with Gasteiger partial charge in [-0.2, -0.15) is 0 Å². The fourth-order valence-corrected chi connectivity index (χ4v) is 3.60. The third kappa shape index (κ3) is 2.61. The fourth-order valence-electron chi connectivity index (χ4n) is 3.60. The molecule has 0 amide bonds. The second-order valence-electron chi connectivity index (χ2n) is 7.15. The van der Waals surface area contributed by atoms with Gasteiger partial charge in [-0.15, -0.1) is 0 Å². The maximum atomic E-state index is 10.9. The largest absolute Gasteiger partial charge is 0.389 e. The van der Waals surface area contributed by atoms with Crippen LogP contribution in [0.4, 0.5) is 0 Å². The highest BCUT2D eigenvalue weighted by Gasteiger charge is 2.47. The van der Waals surface area contributed by atoms with Gasteiger partial charge in [-0.05, 0) is 54.7 Å². The molecule has 1 heteroatoms. The molecule has 0 heterocycles. The van der Waals surface area contributed by atoms with Gasteiger partial charge in [0.1, 0.15) is 0 Å². The van der Waals surface area contributed by atoms with E-state index in [-0.39, 0.29) is 5.41 Å². The maximum Gasteiger partial charge on any atom is 0.0718 e. The first-order valence-corrected chi connectivity index (χ1v) is 7.00. The lowest BCUT2D eigenvalue weighted by atomic mass is 9.84. The van der Waals surface area contributed by atoms with Crippen molar-refractivity contribution in [2.24, 2.45) is 11.3 Å². The van der Waals surface area contributed by atoms with Crippen molar-refractivity contribution in [2.45, 2.75) is 59.5 Å². The number of rotatable bonds is 2. The van der Waals surface area contributed by atoms with Gasteiger partial charge < -0.3 is 5.11 Å². The molecular weight excluding hydrogens is 220 g/mol. The van der Waals surface area contributed by atoms with Gasteiger partial charge in [0, 0.05) is 6.42 Å².